The number of carbonyl (C=O) groups is 1. The van der Waals surface area contributed by atoms with E-state index in [0.29, 0.717) is 22.7 Å². The first-order valence-corrected chi connectivity index (χ1v) is 5.35. The van der Waals surface area contributed by atoms with E-state index in [4.69, 9.17) is 5.26 Å². The number of aldehydes is 1. The number of pyridine rings is 1. The Morgan fingerprint density at radius 1 is 1.56 bits per heavy atom. The van der Waals surface area contributed by atoms with Crippen LogP contribution >= 0.6 is 0 Å². The molecular weight excluding hydrogens is 226 g/mol. The third-order valence-electron chi connectivity index (χ3n) is 2.66. The van der Waals surface area contributed by atoms with Gasteiger partial charge in [0.1, 0.15) is 18.2 Å². The number of aryl methyl sites for hydroxylation is 1. The van der Waals surface area contributed by atoms with E-state index in [1.54, 1.807) is 23.3 Å². The molecule has 0 radical (unpaired) electrons. The molecule has 0 saturated heterocycles. The molecule has 0 aromatic carbocycles. The van der Waals surface area contributed by atoms with Crippen molar-refractivity contribution in [1.29, 1.82) is 5.26 Å². The lowest BCUT2D eigenvalue weighted by atomic mass is 10.1. The Labute approximate surface area is 105 Å². The van der Waals surface area contributed by atoms with Crippen molar-refractivity contribution in [3.63, 3.8) is 0 Å². The van der Waals surface area contributed by atoms with E-state index in [1.165, 1.54) is 6.20 Å². The van der Waals surface area contributed by atoms with Crippen LogP contribution in [0.1, 0.15) is 11.1 Å². The number of allylic oxidation sites excluding steroid dienone is 3. The van der Waals surface area contributed by atoms with Crippen molar-refractivity contribution >= 4 is 12.1 Å². The van der Waals surface area contributed by atoms with Crippen molar-refractivity contribution in [2.75, 3.05) is 4.90 Å². The summed E-state index contributed by atoms with van der Waals surface area (Å²) in [5.41, 5.74) is 2.64. The average Bonchev–Trinajstić information content (AvgIpc) is 2.38. The highest BCUT2D eigenvalue weighted by Gasteiger charge is 2.12. The summed E-state index contributed by atoms with van der Waals surface area (Å²) in [7, 11) is 0. The first-order valence-electron chi connectivity index (χ1n) is 5.35. The monoisotopic (exact) mass is 237 g/mol. The zero-order valence-electron chi connectivity index (χ0n) is 9.92. The molecule has 4 nitrogen and oxygen atoms in total. The molecule has 0 saturated carbocycles. The van der Waals surface area contributed by atoms with Gasteiger partial charge in [0.15, 0.2) is 0 Å². The highest BCUT2D eigenvalue weighted by molar-refractivity contribution is 5.80. The predicted octanol–water partition coefficient (Wildman–Crippen LogP) is 2.23. The van der Waals surface area contributed by atoms with Crippen molar-refractivity contribution in [1.82, 2.24) is 4.98 Å². The number of hydrogen-bond donors (Lipinski definition) is 0. The number of anilines is 1. The molecule has 0 fully saturated rings. The van der Waals surface area contributed by atoms with Crippen LogP contribution in [0.15, 0.2) is 48.5 Å². The van der Waals surface area contributed by atoms with Crippen molar-refractivity contribution in [2.45, 2.75) is 6.92 Å². The fourth-order valence-electron chi connectivity index (χ4n) is 1.65. The number of aromatic nitrogens is 1. The highest BCUT2D eigenvalue weighted by Crippen LogP contribution is 2.23. The second kappa shape index (κ2) is 4.68. The van der Waals surface area contributed by atoms with E-state index in [1.807, 2.05) is 13.0 Å². The minimum atomic E-state index is 0.550. The number of nitrogens with zero attached hydrogens (tertiary/aromatic N) is 3. The van der Waals surface area contributed by atoms with Gasteiger partial charge in [-0.05, 0) is 30.7 Å². The van der Waals surface area contributed by atoms with Gasteiger partial charge < -0.3 is 4.90 Å². The van der Waals surface area contributed by atoms with Gasteiger partial charge in [0, 0.05) is 23.7 Å². The standard InChI is InChI=1S/C14H11N3O/c1-10-5-14(16-8-13(10)7-15)17-4-3-12(9-18)6-11(17)2/h3-6,8-9H,2H2,1H3. The lowest BCUT2D eigenvalue weighted by Gasteiger charge is -2.23. The Morgan fingerprint density at radius 2 is 2.33 bits per heavy atom. The Morgan fingerprint density at radius 3 is 2.89 bits per heavy atom. The van der Waals surface area contributed by atoms with E-state index < -0.39 is 0 Å². The molecular formula is C14H11N3O. The van der Waals surface area contributed by atoms with Crippen LogP contribution in [0.25, 0.3) is 0 Å². The topological polar surface area (TPSA) is 57.0 Å². The molecule has 0 aliphatic carbocycles. The van der Waals surface area contributed by atoms with Crippen molar-refractivity contribution in [3.05, 3.63) is 59.6 Å². The maximum absolute atomic E-state index is 10.7. The van der Waals surface area contributed by atoms with Crippen LogP contribution in [0.4, 0.5) is 5.82 Å². The quantitative estimate of drug-likeness (QED) is 0.740. The summed E-state index contributed by atoms with van der Waals surface area (Å²) < 4.78 is 0. The van der Waals surface area contributed by atoms with Gasteiger partial charge in [0.25, 0.3) is 0 Å². The molecule has 0 unspecified atom stereocenters. The molecule has 4 heteroatoms. The molecule has 0 spiro atoms. The molecule has 1 aromatic heterocycles. The number of nitriles is 1. The first-order chi connectivity index (χ1) is 8.65. The molecule has 18 heavy (non-hydrogen) atoms. The Bertz CT molecular complexity index is 620. The van der Waals surface area contributed by atoms with Crippen LogP contribution in [-0.2, 0) is 4.79 Å². The van der Waals surface area contributed by atoms with Gasteiger partial charge in [-0.2, -0.15) is 5.26 Å². The summed E-state index contributed by atoms with van der Waals surface area (Å²) in [6.45, 7) is 5.73. The van der Waals surface area contributed by atoms with E-state index in [-0.39, 0.29) is 0 Å². The van der Waals surface area contributed by atoms with Gasteiger partial charge in [-0.1, -0.05) is 6.58 Å². The molecule has 0 bridgehead atoms. The fraction of sp³-hybridized carbons (Fsp3) is 0.0714. The summed E-state index contributed by atoms with van der Waals surface area (Å²) >= 11 is 0. The predicted molar refractivity (Wildman–Crippen MR) is 68.6 cm³/mol. The summed E-state index contributed by atoms with van der Waals surface area (Å²) in [5.74, 6) is 0.675. The largest absolute Gasteiger partial charge is 0.302 e. The maximum Gasteiger partial charge on any atom is 0.150 e. The Hall–Kier alpha value is -2.67. The van der Waals surface area contributed by atoms with Crippen molar-refractivity contribution in [3.8, 4) is 6.07 Å². The SMILES string of the molecule is C=C1C=C(C=O)C=CN1c1cc(C)c(C#N)cn1. The normalized spacial score (nSPS) is 14.1. The molecule has 0 N–H and O–H groups in total. The third kappa shape index (κ3) is 2.06. The van der Waals surface area contributed by atoms with Gasteiger partial charge in [0.2, 0.25) is 0 Å². The lowest BCUT2D eigenvalue weighted by Crippen LogP contribution is -2.17. The van der Waals surface area contributed by atoms with Gasteiger partial charge >= 0.3 is 0 Å². The van der Waals surface area contributed by atoms with E-state index in [9.17, 15) is 4.79 Å². The molecule has 1 aliphatic heterocycles. The molecule has 0 amide bonds. The van der Waals surface area contributed by atoms with Gasteiger partial charge in [-0.15, -0.1) is 0 Å². The lowest BCUT2D eigenvalue weighted by molar-refractivity contribution is -0.104. The number of hydrogen-bond acceptors (Lipinski definition) is 4. The Balaban J connectivity index is 2.35. The van der Waals surface area contributed by atoms with E-state index in [2.05, 4.69) is 17.6 Å². The molecule has 1 aromatic rings. The zero-order chi connectivity index (χ0) is 13.1. The van der Waals surface area contributed by atoms with E-state index >= 15 is 0 Å². The third-order valence-corrected chi connectivity index (χ3v) is 2.66. The van der Waals surface area contributed by atoms with Gasteiger partial charge in [-0.25, -0.2) is 4.98 Å². The van der Waals surface area contributed by atoms with Crippen LogP contribution in [0.5, 0.6) is 0 Å². The van der Waals surface area contributed by atoms with Crippen LogP contribution < -0.4 is 4.90 Å². The minimum absolute atomic E-state index is 0.550. The Kier molecular flexibility index (Phi) is 3.07. The number of carbonyl (C=O) groups excluding carboxylic acids is 1. The summed E-state index contributed by atoms with van der Waals surface area (Å²) in [6.07, 6.45) is 7.42. The summed E-state index contributed by atoms with van der Waals surface area (Å²) in [4.78, 5) is 16.6. The summed E-state index contributed by atoms with van der Waals surface area (Å²) in [5, 5.41) is 8.85. The van der Waals surface area contributed by atoms with E-state index in [0.717, 1.165) is 11.8 Å². The van der Waals surface area contributed by atoms with Crippen LogP contribution in [0, 0.1) is 18.3 Å². The second-order valence-electron chi connectivity index (χ2n) is 3.91. The van der Waals surface area contributed by atoms with Crippen LogP contribution in [0.2, 0.25) is 0 Å². The molecule has 2 rings (SSSR count). The van der Waals surface area contributed by atoms with Gasteiger partial charge in [-0.3, -0.25) is 4.79 Å². The molecule has 0 atom stereocenters. The summed E-state index contributed by atoms with van der Waals surface area (Å²) in [6, 6.07) is 3.89. The van der Waals surface area contributed by atoms with Crippen molar-refractivity contribution in [2.24, 2.45) is 0 Å². The second-order valence-corrected chi connectivity index (χ2v) is 3.91. The molecule has 2 heterocycles. The molecule has 88 valence electrons. The molecule has 1 aliphatic rings. The highest BCUT2D eigenvalue weighted by atomic mass is 16.1. The average molecular weight is 237 g/mol. The van der Waals surface area contributed by atoms with Gasteiger partial charge in [0.05, 0.1) is 5.56 Å². The first kappa shape index (κ1) is 11.8. The van der Waals surface area contributed by atoms with Crippen molar-refractivity contribution < 1.29 is 4.79 Å². The van der Waals surface area contributed by atoms with Crippen LogP contribution in [-0.4, -0.2) is 11.3 Å². The fourth-order valence-corrected chi connectivity index (χ4v) is 1.65. The number of rotatable bonds is 2. The zero-order valence-corrected chi connectivity index (χ0v) is 9.92. The van der Waals surface area contributed by atoms with Crippen LogP contribution in [0.3, 0.4) is 0 Å². The maximum atomic E-state index is 10.7. The smallest absolute Gasteiger partial charge is 0.150 e. The minimum Gasteiger partial charge on any atom is -0.302 e.